The van der Waals surface area contributed by atoms with Gasteiger partial charge < -0.3 is 0 Å². The minimum absolute atomic E-state index is 0.202. The Bertz CT molecular complexity index is 418. The number of hydrogen-bond acceptors (Lipinski definition) is 2. The Morgan fingerprint density at radius 1 is 1.14 bits per heavy atom. The predicted octanol–water partition coefficient (Wildman–Crippen LogP) is 2.50. The molecule has 0 unspecified atom stereocenters. The minimum atomic E-state index is -0.202. The number of carbonyl (C=O) groups is 1. The lowest BCUT2D eigenvalue weighted by molar-refractivity contribution is -0.114. The third-order valence-electron chi connectivity index (χ3n) is 2.21. The van der Waals surface area contributed by atoms with E-state index in [9.17, 15) is 4.79 Å². The van der Waals surface area contributed by atoms with Crippen molar-refractivity contribution in [1.29, 1.82) is 0 Å². The first-order valence-corrected chi connectivity index (χ1v) is 4.47. The van der Waals surface area contributed by atoms with Crippen molar-refractivity contribution in [2.75, 3.05) is 0 Å². The third kappa shape index (κ3) is 1.62. The topological polar surface area (TPSA) is 41.8 Å². The van der Waals surface area contributed by atoms with E-state index in [-0.39, 0.29) is 5.91 Å². The summed E-state index contributed by atoms with van der Waals surface area (Å²) in [6.45, 7) is 1.81. The summed E-state index contributed by atoms with van der Waals surface area (Å²) in [5, 5.41) is 7.26. The van der Waals surface area contributed by atoms with Crippen LogP contribution in [0.5, 0.6) is 0 Å². The molecular formula is C11H10N2O. The number of azo groups is 1. The van der Waals surface area contributed by atoms with Crippen LogP contribution in [0.4, 0.5) is 0 Å². The van der Waals surface area contributed by atoms with E-state index >= 15 is 0 Å². The molecule has 0 saturated carbocycles. The Morgan fingerprint density at radius 3 is 2.43 bits per heavy atom. The van der Waals surface area contributed by atoms with Crippen LogP contribution >= 0.6 is 0 Å². The van der Waals surface area contributed by atoms with Crippen molar-refractivity contribution in [1.82, 2.24) is 0 Å². The Morgan fingerprint density at radius 2 is 1.86 bits per heavy atom. The van der Waals surface area contributed by atoms with Gasteiger partial charge in [0.1, 0.15) is 0 Å². The van der Waals surface area contributed by atoms with E-state index in [1.807, 2.05) is 37.3 Å². The zero-order valence-corrected chi connectivity index (χ0v) is 7.90. The molecule has 70 valence electrons. The molecule has 0 radical (unpaired) electrons. The van der Waals surface area contributed by atoms with Crippen molar-refractivity contribution in [2.24, 2.45) is 10.2 Å². The Balaban J connectivity index is 2.21. The van der Waals surface area contributed by atoms with Gasteiger partial charge in [-0.05, 0) is 12.5 Å². The van der Waals surface area contributed by atoms with Gasteiger partial charge in [-0.1, -0.05) is 30.3 Å². The van der Waals surface area contributed by atoms with Gasteiger partial charge in [0.15, 0.2) is 0 Å². The highest BCUT2D eigenvalue weighted by Crippen LogP contribution is 2.19. The van der Waals surface area contributed by atoms with Gasteiger partial charge in [0.05, 0.1) is 5.70 Å². The van der Waals surface area contributed by atoms with Gasteiger partial charge in [0, 0.05) is 12.0 Å². The molecule has 14 heavy (non-hydrogen) atoms. The first-order chi connectivity index (χ1) is 6.77. The highest BCUT2D eigenvalue weighted by Gasteiger charge is 2.17. The van der Waals surface area contributed by atoms with Crippen LogP contribution in [0.2, 0.25) is 0 Å². The number of carbonyl (C=O) groups excluding carboxylic acids is 1. The molecule has 1 amide bonds. The number of hydrogen-bond donors (Lipinski definition) is 0. The van der Waals surface area contributed by atoms with Gasteiger partial charge in [-0.3, -0.25) is 4.79 Å². The number of rotatable bonds is 2. The number of allylic oxidation sites excluding steroid dienone is 1. The smallest absolute Gasteiger partial charge is 0.265 e. The van der Waals surface area contributed by atoms with Gasteiger partial charge in [0.25, 0.3) is 5.91 Å². The molecule has 0 aliphatic carbocycles. The molecule has 0 N–H and O–H groups in total. The maximum Gasteiger partial charge on any atom is 0.293 e. The summed E-state index contributed by atoms with van der Waals surface area (Å²) < 4.78 is 0. The fraction of sp³-hybridized carbons (Fsp3) is 0.182. The number of benzene rings is 1. The standard InChI is InChI=1S/C11H10N2O/c1-8-10(11(14)13-12-8)7-9-5-3-2-4-6-9/h2-6H,7H2,1H3. The Labute approximate surface area is 82.2 Å². The molecule has 0 spiro atoms. The van der Waals surface area contributed by atoms with Gasteiger partial charge in [-0.25, -0.2) is 0 Å². The molecule has 1 heterocycles. The van der Waals surface area contributed by atoms with Crippen LogP contribution in [-0.4, -0.2) is 5.91 Å². The molecule has 1 aromatic carbocycles. The molecule has 0 atom stereocenters. The zero-order chi connectivity index (χ0) is 9.97. The maximum absolute atomic E-state index is 11.3. The summed E-state index contributed by atoms with van der Waals surface area (Å²) >= 11 is 0. The average Bonchev–Trinajstić information content (AvgIpc) is 2.51. The third-order valence-corrected chi connectivity index (χ3v) is 2.21. The van der Waals surface area contributed by atoms with Crippen molar-refractivity contribution in [3.63, 3.8) is 0 Å². The normalized spacial score (nSPS) is 15.4. The van der Waals surface area contributed by atoms with E-state index in [2.05, 4.69) is 10.2 Å². The molecular weight excluding hydrogens is 176 g/mol. The van der Waals surface area contributed by atoms with Crippen LogP contribution in [0.25, 0.3) is 0 Å². The molecule has 2 rings (SSSR count). The second-order valence-corrected chi connectivity index (χ2v) is 3.23. The van der Waals surface area contributed by atoms with Gasteiger partial charge in [-0.15, -0.1) is 5.11 Å². The first kappa shape index (κ1) is 8.81. The van der Waals surface area contributed by atoms with Crippen molar-refractivity contribution >= 4 is 5.91 Å². The van der Waals surface area contributed by atoms with Crippen LogP contribution in [0.1, 0.15) is 12.5 Å². The van der Waals surface area contributed by atoms with Crippen molar-refractivity contribution in [2.45, 2.75) is 13.3 Å². The highest BCUT2D eigenvalue weighted by atomic mass is 16.2. The summed E-state index contributed by atoms with van der Waals surface area (Å²) in [6, 6.07) is 9.85. The Kier molecular flexibility index (Phi) is 2.23. The van der Waals surface area contributed by atoms with E-state index in [0.717, 1.165) is 11.3 Å². The molecule has 1 aromatic rings. The number of nitrogens with zero attached hydrogens (tertiary/aromatic N) is 2. The molecule has 3 heteroatoms. The van der Waals surface area contributed by atoms with Crippen LogP contribution in [0.15, 0.2) is 51.8 Å². The van der Waals surface area contributed by atoms with E-state index in [1.54, 1.807) is 0 Å². The summed E-state index contributed by atoms with van der Waals surface area (Å²) in [5.74, 6) is -0.202. The summed E-state index contributed by atoms with van der Waals surface area (Å²) in [6.07, 6.45) is 0.624. The first-order valence-electron chi connectivity index (χ1n) is 4.47. The molecule has 0 bridgehead atoms. The summed E-state index contributed by atoms with van der Waals surface area (Å²) in [7, 11) is 0. The summed E-state index contributed by atoms with van der Waals surface area (Å²) in [4.78, 5) is 11.3. The van der Waals surface area contributed by atoms with Gasteiger partial charge in [-0.2, -0.15) is 5.11 Å². The van der Waals surface area contributed by atoms with Crippen molar-refractivity contribution < 1.29 is 4.79 Å². The number of amides is 1. The molecule has 1 aliphatic rings. The maximum atomic E-state index is 11.3. The molecule has 0 fully saturated rings. The molecule has 0 saturated heterocycles. The molecule has 0 aromatic heterocycles. The minimum Gasteiger partial charge on any atom is -0.265 e. The van der Waals surface area contributed by atoms with Crippen LogP contribution in [-0.2, 0) is 11.2 Å². The SMILES string of the molecule is CC1=C(Cc2ccccc2)C(=O)N=N1. The van der Waals surface area contributed by atoms with Crippen LogP contribution < -0.4 is 0 Å². The molecule has 3 nitrogen and oxygen atoms in total. The fourth-order valence-corrected chi connectivity index (χ4v) is 1.40. The van der Waals surface area contributed by atoms with Gasteiger partial charge >= 0.3 is 0 Å². The van der Waals surface area contributed by atoms with Crippen molar-refractivity contribution in [3.05, 3.63) is 47.2 Å². The van der Waals surface area contributed by atoms with E-state index in [0.29, 0.717) is 12.0 Å². The largest absolute Gasteiger partial charge is 0.293 e. The second kappa shape index (κ2) is 3.54. The van der Waals surface area contributed by atoms with Crippen molar-refractivity contribution in [3.8, 4) is 0 Å². The predicted molar refractivity (Wildman–Crippen MR) is 52.7 cm³/mol. The summed E-state index contributed by atoms with van der Waals surface area (Å²) in [5.41, 5.74) is 2.55. The second-order valence-electron chi connectivity index (χ2n) is 3.23. The Hall–Kier alpha value is -1.77. The quantitative estimate of drug-likeness (QED) is 0.699. The zero-order valence-electron chi connectivity index (χ0n) is 7.90. The van der Waals surface area contributed by atoms with E-state index in [1.165, 1.54) is 0 Å². The van der Waals surface area contributed by atoms with E-state index < -0.39 is 0 Å². The van der Waals surface area contributed by atoms with Crippen LogP contribution in [0, 0.1) is 0 Å². The van der Waals surface area contributed by atoms with Crippen LogP contribution in [0.3, 0.4) is 0 Å². The monoisotopic (exact) mass is 186 g/mol. The highest BCUT2D eigenvalue weighted by molar-refractivity contribution is 5.96. The fourth-order valence-electron chi connectivity index (χ4n) is 1.40. The van der Waals surface area contributed by atoms with E-state index in [4.69, 9.17) is 0 Å². The lowest BCUT2D eigenvalue weighted by Crippen LogP contribution is -1.99. The molecule has 1 aliphatic heterocycles. The average molecular weight is 186 g/mol. The lowest BCUT2D eigenvalue weighted by atomic mass is 10.0. The van der Waals surface area contributed by atoms with Gasteiger partial charge in [0.2, 0.25) is 0 Å². The lowest BCUT2D eigenvalue weighted by Gasteiger charge is -1.99.